The monoisotopic (exact) mass is 274 g/mol. The average Bonchev–Trinajstić information content (AvgIpc) is 2.54. The van der Waals surface area contributed by atoms with E-state index in [9.17, 15) is 4.79 Å². The Morgan fingerprint density at radius 1 is 1.30 bits per heavy atom. The van der Waals surface area contributed by atoms with Crippen molar-refractivity contribution in [3.8, 4) is 0 Å². The molecule has 4 nitrogen and oxygen atoms in total. The zero-order chi connectivity index (χ0) is 13.9. The summed E-state index contributed by atoms with van der Waals surface area (Å²) in [7, 11) is 1.75. The van der Waals surface area contributed by atoms with Crippen molar-refractivity contribution in [2.24, 2.45) is 0 Å². The Morgan fingerprint density at radius 2 is 2.05 bits per heavy atom. The van der Waals surface area contributed by atoms with E-state index in [4.69, 9.17) is 4.74 Å². The molecule has 1 saturated heterocycles. The van der Waals surface area contributed by atoms with Gasteiger partial charge < -0.3 is 15.0 Å². The summed E-state index contributed by atoms with van der Waals surface area (Å²) in [5.74, 6) is 0.234. The van der Waals surface area contributed by atoms with Crippen LogP contribution in [0.15, 0.2) is 24.3 Å². The molecule has 1 aromatic carbocycles. The van der Waals surface area contributed by atoms with E-state index in [2.05, 4.69) is 17.4 Å². The fourth-order valence-corrected chi connectivity index (χ4v) is 3.25. The average molecular weight is 274 g/mol. The number of carbonyl (C=O) groups is 1. The van der Waals surface area contributed by atoms with Gasteiger partial charge in [-0.25, -0.2) is 0 Å². The van der Waals surface area contributed by atoms with Gasteiger partial charge in [-0.05, 0) is 24.0 Å². The largest absolute Gasteiger partial charge is 0.381 e. The van der Waals surface area contributed by atoms with E-state index in [1.54, 1.807) is 7.11 Å². The highest BCUT2D eigenvalue weighted by molar-refractivity contribution is 5.84. The first-order valence-corrected chi connectivity index (χ1v) is 7.39. The second-order valence-corrected chi connectivity index (χ2v) is 5.64. The standard InChI is InChI=1S/C16H22N2O2/c1-20-13-6-8-18(9-7-13)16(19)15-11-17-10-12-4-2-3-5-14(12)15/h2-5,13,15,17H,6-11H2,1H3. The Bertz CT molecular complexity index is 481. The third kappa shape index (κ3) is 2.58. The van der Waals surface area contributed by atoms with Crippen molar-refractivity contribution in [3.05, 3.63) is 35.4 Å². The number of ether oxygens (including phenoxy) is 1. The smallest absolute Gasteiger partial charge is 0.231 e. The van der Waals surface area contributed by atoms with Crippen LogP contribution in [-0.2, 0) is 16.1 Å². The first kappa shape index (κ1) is 13.6. The van der Waals surface area contributed by atoms with E-state index in [1.807, 2.05) is 17.0 Å². The molecule has 0 spiro atoms. The maximum absolute atomic E-state index is 12.8. The number of nitrogens with zero attached hydrogens (tertiary/aromatic N) is 1. The Kier molecular flexibility index (Phi) is 4.03. The zero-order valence-electron chi connectivity index (χ0n) is 12.0. The van der Waals surface area contributed by atoms with Crippen molar-refractivity contribution in [1.29, 1.82) is 0 Å². The first-order chi connectivity index (χ1) is 9.79. The van der Waals surface area contributed by atoms with Gasteiger partial charge in [0.1, 0.15) is 0 Å². The molecule has 108 valence electrons. The van der Waals surface area contributed by atoms with Crippen molar-refractivity contribution >= 4 is 5.91 Å². The van der Waals surface area contributed by atoms with Crippen LogP contribution in [0.2, 0.25) is 0 Å². The Hall–Kier alpha value is -1.39. The molecule has 1 unspecified atom stereocenters. The van der Waals surface area contributed by atoms with E-state index in [0.717, 1.165) is 39.0 Å². The predicted molar refractivity (Wildman–Crippen MR) is 77.5 cm³/mol. The summed E-state index contributed by atoms with van der Waals surface area (Å²) >= 11 is 0. The Balaban J connectivity index is 1.72. The van der Waals surface area contributed by atoms with Crippen LogP contribution < -0.4 is 5.32 Å². The fraction of sp³-hybridized carbons (Fsp3) is 0.562. The van der Waals surface area contributed by atoms with Gasteiger partial charge in [0.2, 0.25) is 5.91 Å². The van der Waals surface area contributed by atoms with Crippen molar-refractivity contribution in [1.82, 2.24) is 10.2 Å². The third-order valence-corrected chi connectivity index (χ3v) is 4.48. The first-order valence-electron chi connectivity index (χ1n) is 7.39. The number of amides is 1. The molecule has 0 aromatic heterocycles. The van der Waals surface area contributed by atoms with Crippen LogP contribution >= 0.6 is 0 Å². The summed E-state index contributed by atoms with van der Waals surface area (Å²) in [4.78, 5) is 14.8. The lowest BCUT2D eigenvalue weighted by Crippen LogP contribution is -2.46. The minimum atomic E-state index is -0.0287. The summed E-state index contributed by atoms with van der Waals surface area (Å²) < 4.78 is 5.37. The topological polar surface area (TPSA) is 41.6 Å². The van der Waals surface area contributed by atoms with Gasteiger partial charge in [-0.1, -0.05) is 24.3 Å². The molecule has 20 heavy (non-hydrogen) atoms. The molecule has 0 bridgehead atoms. The molecule has 1 aromatic rings. The van der Waals surface area contributed by atoms with Crippen molar-refractivity contribution in [2.45, 2.75) is 31.4 Å². The van der Waals surface area contributed by atoms with Crippen LogP contribution in [-0.4, -0.2) is 43.7 Å². The van der Waals surface area contributed by atoms with Gasteiger partial charge in [0.15, 0.2) is 0 Å². The van der Waals surface area contributed by atoms with E-state index in [-0.39, 0.29) is 11.8 Å². The number of hydrogen-bond acceptors (Lipinski definition) is 3. The molecule has 2 aliphatic heterocycles. The molecule has 2 aliphatic rings. The van der Waals surface area contributed by atoms with Crippen molar-refractivity contribution in [3.63, 3.8) is 0 Å². The van der Waals surface area contributed by atoms with Crippen LogP contribution in [0.25, 0.3) is 0 Å². The van der Waals surface area contributed by atoms with E-state index >= 15 is 0 Å². The maximum atomic E-state index is 12.8. The Labute approximate surface area is 120 Å². The molecule has 0 aliphatic carbocycles. The minimum absolute atomic E-state index is 0.0287. The molecular formula is C16H22N2O2. The van der Waals surface area contributed by atoms with Gasteiger partial charge in [-0.15, -0.1) is 0 Å². The predicted octanol–water partition coefficient (Wildman–Crippen LogP) is 1.51. The third-order valence-electron chi connectivity index (χ3n) is 4.48. The summed E-state index contributed by atoms with van der Waals surface area (Å²) in [5, 5.41) is 3.36. The summed E-state index contributed by atoms with van der Waals surface area (Å²) in [6.45, 7) is 3.25. The van der Waals surface area contributed by atoms with Gasteiger partial charge in [0.05, 0.1) is 12.0 Å². The number of carbonyl (C=O) groups excluding carboxylic acids is 1. The molecule has 1 amide bonds. The van der Waals surface area contributed by atoms with E-state index in [0.29, 0.717) is 6.10 Å². The molecule has 4 heteroatoms. The molecule has 0 radical (unpaired) electrons. The zero-order valence-corrected chi connectivity index (χ0v) is 12.0. The Morgan fingerprint density at radius 3 is 2.80 bits per heavy atom. The van der Waals surface area contributed by atoms with Crippen LogP contribution in [0.4, 0.5) is 0 Å². The normalized spacial score (nSPS) is 23.4. The summed E-state index contributed by atoms with van der Waals surface area (Å²) in [6.07, 6.45) is 2.21. The quantitative estimate of drug-likeness (QED) is 0.889. The number of fused-ring (bicyclic) bond motifs is 1. The van der Waals surface area contributed by atoms with Crippen LogP contribution in [0.1, 0.15) is 29.9 Å². The molecular weight excluding hydrogens is 252 g/mol. The maximum Gasteiger partial charge on any atom is 0.231 e. The van der Waals surface area contributed by atoms with Crippen LogP contribution in [0.3, 0.4) is 0 Å². The highest BCUT2D eigenvalue weighted by atomic mass is 16.5. The second kappa shape index (κ2) is 5.94. The summed E-state index contributed by atoms with van der Waals surface area (Å²) in [5.41, 5.74) is 2.45. The van der Waals surface area contributed by atoms with Crippen molar-refractivity contribution in [2.75, 3.05) is 26.7 Å². The molecule has 2 heterocycles. The van der Waals surface area contributed by atoms with Gasteiger partial charge in [0.25, 0.3) is 0 Å². The lowest BCUT2D eigenvalue weighted by atomic mass is 9.89. The number of benzene rings is 1. The molecule has 3 rings (SSSR count). The number of piperidine rings is 1. The minimum Gasteiger partial charge on any atom is -0.381 e. The SMILES string of the molecule is COC1CCN(C(=O)C2CNCc3ccccc32)CC1. The second-order valence-electron chi connectivity index (χ2n) is 5.64. The van der Waals surface area contributed by atoms with E-state index in [1.165, 1.54) is 11.1 Å². The van der Waals surface area contributed by atoms with Gasteiger partial charge in [-0.2, -0.15) is 0 Å². The fourth-order valence-electron chi connectivity index (χ4n) is 3.25. The van der Waals surface area contributed by atoms with Crippen LogP contribution in [0, 0.1) is 0 Å². The van der Waals surface area contributed by atoms with Gasteiger partial charge in [0, 0.05) is 33.3 Å². The molecule has 0 saturated carbocycles. The highest BCUT2D eigenvalue weighted by Crippen LogP contribution is 2.27. The lowest BCUT2D eigenvalue weighted by Gasteiger charge is -2.35. The number of likely N-dealkylation sites (tertiary alicyclic amines) is 1. The lowest BCUT2D eigenvalue weighted by molar-refractivity contribution is -0.135. The van der Waals surface area contributed by atoms with Crippen molar-refractivity contribution < 1.29 is 9.53 Å². The summed E-state index contributed by atoms with van der Waals surface area (Å²) in [6, 6.07) is 8.28. The van der Waals surface area contributed by atoms with Gasteiger partial charge >= 0.3 is 0 Å². The number of methoxy groups -OCH3 is 1. The molecule has 1 fully saturated rings. The number of hydrogen-bond donors (Lipinski definition) is 1. The van der Waals surface area contributed by atoms with Crippen LogP contribution in [0.5, 0.6) is 0 Å². The highest BCUT2D eigenvalue weighted by Gasteiger charge is 2.31. The number of rotatable bonds is 2. The molecule has 1 atom stereocenters. The van der Waals surface area contributed by atoms with E-state index < -0.39 is 0 Å². The van der Waals surface area contributed by atoms with Gasteiger partial charge in [-0.3, -0.25) is 4.79 Å². The number of nitrogens with one attached hydrogen (secondary N) is 1. The molecule has 1 N–H and O–H groups in total.